The van der Waals surface area contributed by atoms with Crippen LogP contribution in [0.5, 0.6) is 11.5 Å². The summed E-state index contributed by atoms with van der Waals surface area (Å²) in [6, 6.07) is 11.2. The molecule has 3 rings (SSSR count). The van der Waals surface area contributed by atoms with Crippen LogP contribution in [-0.2, 0) is 4.74 Å². The molecule has 29 heavy (non-hydrogen) atoms. The predicted molar refractivity (Wildman–Crippen MR) is 110 cm³/mol. The van der Waals surface area contributed by atoms with Crippen molar-refractivity contribution in [1.29, 1.82) is 0 Å². The zero-order chi connectivity index (χ0) is 20.1. The second kappa shape index (κ2) is 10.3. The van der Waals surface area contributed by atoms with E-state index in [1.807, 2.05) is 25.1 Å². The molecule has 0 radical (unpaired) electrons. The van der Waals surface area contributed by atoms with Crippen molar-refractivity contribution in [3.63, 3.8) is 0 Å². The lowest BCUT2D eigenvalue weighted by Gasteiger charge is -2.34. The molecular weight excluding hydrogens is 399 g/mol. The van der Waals surface area contributed by atoms with Crippen LogP contribution in [0.15, 0.2) is 42.5 Å². The van der Waals surface area contributed by atoms with Gasteiger partial charge in [0.25, 0.3) is 0 Å². The van der Waals surface area contributed by atoms with E-state index in [4.69, 9.17) is 14.2 Å². The summed E-state index contributed by atoms with van der Waals surface area (Å²) in [6.07, 6.45) is -0.276. The van der Waals surface area contributed by atoms with Crippen LogP contribution in [0.1, 0.15) is 30.2 Å². The molecule has 2 unspecified atom stereocenters. The third-order valence-corrected chi connectivity index (χ3v) is 4.84. The van der Waals surface area contributed by atoms with Crippen LogP contribution in [0, 0.1) is 5.82 Å². The topological polar surface area (TPSA) is 60.0 Å². The van der Waals surface area contributed by atoms with Crippen molar-refractivity contribution in [2.45, 2.75) is 19.1 Å². The number of methoxy groups -OCH3 is 2. The second-order valence-electron chi connectivity index (χ2n) is 6.64. The Kier molecular flexibility index (Phi) is 8.10. The number of nitrogens with one attached hydrogen (secondary N) is 1. The standard InChI is InChI=1S/C21H25FN2O4.ClH/c1-14(18-12-17(26-2)8-9-19(18)27-3)23-21(25)24-10-11-28-20(13-24)15-4-6-16(22)7-5-15;/h4-9,12,14,20H,10-11,13H2,1-3H3,(H,23,25);1H. The third-order valence-electron chi connectivity index (χ3n) is 4.84. The Labute approximate surface area is 176 Å². The number of hydrogen-bond acceptors (Lipinski definition) is 4. The van der Waals surface area contributed by atoms with Crippen LogP contribution in [-0.4, -0.2) is 44.8 Å². The van der Waals surface area contributed by atoms with E-state index < -0.39 is 0 Å². The van der Waals surface area contributed by atoms with Gasteiger partial charge >= 0.3 is 6.03 Å². The lowest BCUT2D eigenvalue weighted by atomic mass is 10.1. The fourth-order valence-corrected chi connectivity index (χ4v) is 3.24. The number of nitrogens with zero attached hydrogens (tertiary/aromatic N) is 1. The number of morpholine rings is 1. The lowest BCUT2D eigenvalue weighted by Crippen LogP contribution is -2.47. The molecule has 8 heteroatoms. The first-order valence-corrected chi connectivity index (χ1v) is 9.16. The summed E-state index contributed by atoms with van der Waals surface area (Å²) in [5.41, 5.74) is 1.68. The van der Waals surface area contributed by atoms with Gasteiger partial charge in [-0.2, -0.15) is 0 Å². The normalized spacial score (nSPS) is 17.1. The van der Waals surface area contributed by atoms with Crippen molar-refractivity contribution in [1.82, 2.24) is 10.2 Å². The summed E-state index contributed by atoms with van der Waals surface area (Å²) in [5.74, 6) is 1.08. The highest BCUT2D eigenvalue weighted by atomic mass is 35.5. The lowest BCUT2D eigenvalue weighted by molar-refractivity contribution is -0.0157. The van der Waals surface area contributed by atoms with Gasteiger partial charge in [-0.1, -0.05) is 12.1 Å². The minimum atomic E-state index is -0.296. The van der Waals surface area contributed by atoms with E-state index in [0.717, 1.165) is 11.1 Å². The highest BCUT2D eigenvalue weighted by Crippen LogP contribution is 2.29. The molecule has 2 amide bonds. The summed E-state index contributed by atoms with van der Waals surface area (Å²) in [5, 5.41) is 3.01. The van der Waals surface area contributed by atoms with E-state index in [9.17, 15) is 9.18 Å². The van der Waals surface area contributed by atoms with E-state index in [1.54, 1.807) is 31.3 Å². The van der Waals surface area contributed by atoms with Gasteiger partial charge in [-0.15, -0.1) is 12.4 Å². The van der Waals surface area contributed by atoms with E-state index in [0.29, 0.717) is 31.2 Å². The number of carbonyl (C=O) groups excluding carboxylic acids is 1. The average Bonchev–Trinajstić information content (AvgIpc) is 2.73. The Balaban J connectivity index is 0.00000300. The quantitative estimate of drug-likeness (QED) is 0.784. The average molecular weight is 425 g/mol. The molecule has 6 nitrogen and oxygen atoms in total. The van der Waals surface area contributed by atoms with Crippen molar-refractivity contribution in [3.05, 3.63) is 59.4 Å². The molecule has 1 N–H and O–H groups in total. The zero-order valence-corrected chi connectivity index (χ0v) is 17.5. The molecule has 158 valence electrons. The summed E-state index contributed by atoms with van der Waals surface area (Å²) in [7, 11) is 3.19. The van der Waals surface area contributed by atoms with E-state index in [-0.39, 0.29) is 36.4 Å². The first-order chi connectivity index (χ1) is 13.5. The van der Waals surface area contributed by atoms with Gasteiger partial charge in [0.05, 0.1) is 33.4 Å². The van der Waals surface area contributed by atoms with Crippen molar-refractivity contribution in [2.24, 2.45) is 0 Å². The molecule has 1 aliphatic rings. The van der Waals surface area contributed by atoms with Gasteiger partial charge in [0, 0.05) is 12.1 Å². The molecule has 1 saturated heterocycles. The molecule has 1 heterocycles. The third kappa shape index (κ3) is 5.52. The van der Waals surface area contributed by atoms with Crippen molar-refractivity contribution in [2.75, 3.05) is 33.9 Å². The summed E-state index contributed by atoms with van der Waals surface area (Å²) in [6.45, 7) is 3.21. The van der Waals surface area contributed by atoms with Crippen LogP contribution in [0.4, 0.5) is 9.18 Å². The molecule has 2 aromatic carbocycles. The second-order valence-corrected chi connectivity index (χ2v) is 6.64. The number of hydrogen-bond donors (Lipinski definition) is 1. The Hall–Kier alpha value is -2.51. The molecule has 1 aliphatic heterocycles. The fraction of sp³-hybridized carbons (Fsp3) is 0.381. The molecule has 0 bridgehead atoms. The summed E-state index contributed by atoms with van der Waals surface area (Å²) in [4.78, 5) is 14.5. The predicted octanol–water partition coefficient (Wildman–Crippen LogP) is 4.11. The van der Waals surface area contributed by atoms with Crippen LogP contribution in [0.2, 0.25) is 0 Å². The van der Waals surface area contributed by atoms with Gasteiger partial charge < -0.3 is 24.4 Å². The van der Waals surface area contributed by atoms with E-state index in [1.165, 1.54) is 12.1 Å². The minimum Gasteiger partial charge on any atom is -0.497 e. The highest BCUT2D eigenvalue weighted by Gasteiger charge is 2.27. The molecule has 2 aromatic rings. The number of ether oxygens (including phenoxy) is 3. The highest BCUT2D eigenvalue weighted by molar-refractivity contribution is 5.85. The Morgan fingerprint density at radius 3 is 2.59 bits per heavy atom. The monoisotopic (exact) mass is 424 g/mol. The Morgan fingerprint density at radius 2 is 1.93 bits per heavy atom. The molecule has 0 aliphatic carbocycles. The van der Waals surface area contributed by atoms with E-state index >= 15 is 0 Å². The van der Waals surface area contributed by atoms with Crippen molar-refractivity contribution < 1.29 is 23.4 Å². The van der Waals surface area contributed by atoms with Crippen LogP contribution < -0.4 is 14.8 Å². The first kappa shape index (κ1) is 22.8. The summed E-state index contributed by atoms with van der Waals surface area (Å²) >= 11 is 0. The van der Waals surface area contributed by atoms with Gasteiger partial charge in [0.2, 0.25) is 0 Å². The molecule has 1 fully saturated rings. The van der Waals surface area contributed by atoms with Gasteiger partial charge in [-0.3, -0.25) is 0 Å². The number of urea groups is 1. The molecule has 0 aromatic heterocycles. The number of benzene rings is 2. The van der Waals surface area contributed by atoms with Gasteiger partial charge in [0.15, 0.2) is 0 Å². The van der Waals surface area contributed by atoms with Gasteiger partial charge in [-0.25, -0.2) is 9.18 Å². The molecule has 2 atom stereocenters. The molecular formula is C21H26ClFN2O4. The van der Waals surface area contributed by atoms with E-state index in [2.05, 4.69) is 5.32 Å². The number of halogens is 2. The molecule has 0 spiro atoms. The van der Waals surface area contributed by atoms with Crippen LogP contribution >= 0.6 is 12.4 Å². The smallest absolute Gasteiger partial charge is 0.318 e. The maximum atomic E-state index is 13.1. The van der Waals surface area contributed by atoms with Crippen LogP contribution in [0.25, 0.3) is 0 Å². The maximum Gasteiger partial charge on any atom is 0.318 e. The SMILES string of the molecule is COc1ccc(OC)c(C(C)NC(=O)N2CCOC(c3ccc(F)cc3)C2)c1.Cl. The number of carbonyl (C=O) groups is 1. The Morgan fingerprint density at radius 1 is 1.21 bits per heavy atom. The minimum absolute atomic E-state index is 0. The van der Waals surface area contributed by atoms with Crippen molar-refractivity contribution >= 4 is 18.4 Å². The molecule has 0 saturated carbocycles. The maximum absolute atomic E-state index is 13.1. The van der Waals surface area contributed by atoms with Gasteiger partial charge in [-0.05, 0) is 42.8 Å². The zero-order valence-electron chi connectivity index (χ0n) is 16.7. The Bertz CT molecular complexity index is 819. The largest absolute Gasteiger partial charge is 0.497 e. The summed E-state index contributed by atoms with van der Waals surface area (Å²) < 4.78 is 29.6. The first-order valence-electron chi connectivity index (χ1n) is 9.16. The van der Waals surface area contributed by atoms with Crippen molar-refractivity contribution in [3.8, 4) is 11.5 Å². The number of amides is 2. The van der Waals surface area contributed by atoms with Crippen LogP contribution in [0.3, 0.4) is 0 Å². The number of rotatable bonds is 5. The van der Waals surface area contributed by atoms with Gasteiger partial charge in [0.1, 0.15) is 23.4 Å². The fourth-order valence-electron chi connectivity index (χ4n) is 3.24.